The fourth-order valence-corrected chi connectivity index (χ4v) is 4.02. The van der Waals surface area contributed by atoms with Crippen molar-refractivity contribution in [3.05, 3.63) is 0 Å². The molecule has 0 aromatic rings. The van der Waals surface area contributed by atoms with Gasteiger partial charge < -0.3 is 5.73 Å². The molecule has 0 aromatic carbocycles. The minimum atomic E-state index is 0.355. The van der Waals surface area contributed by atoms with Gasteiger partial charge >= 0.3 is 0 Å². The van der Waals surface area contributed by atoms with Crippen LogP contribution in [0.3, 0.4) is 0 Å². The highest BCUT2D eigenvalue weighted by atomic mass is 15.2. The van der Waals surface area contributed by atoms with Gasteiger partial charge in [-0.1, -0.05) is 33.6 Å². The topological polar surface area (TPSA) is 29.3 Å². The molecule has 0 aromatic heterocycles. The highest BCUT2D eigenvalue weighted by molar-refractivity contribution is 5.03. The summed E-state index contributed by atoms with van der Waals surface area (Å²) in [5, 5.41) is 0. The smallest absolute Gasteiger partial charge is 0.0359 e. The van der Waals surface area contributed by atoms with Crippen LogP contribution in [-0.2, 0) is 0 Å². The normalized spacial score (nSPS) is 45.4. The van der Waals surface area contributed by atoms with Crippen LogP contribution in [0.15, 0.2) is 0 Å². The van der Waals surface area contributed by atoms with Crippen molar-refractivity contribution >= 4 is 0 Å². The van der Waals surface area contributed by atoms with Gasteiger partial charge in [0, 0.05) is 25.2 Å². The van der Waals surface area contributed by atoms with Crippen molar-refractivity contribution in [2.45, 2.75) is 52.0 Å². The second-order valence-electron chi connectivity index (χ2n) is 6.16. The summed E-state index contributed by atoms with van der Waals surface area (Å²) in [5.41, 5.74) is 6.52. The third-order valence-corrected chi connectivity index (χ3v) is 5.39. The van der Waals surface area contributed by atoms with Crippen LogP contribution in [-0.4, -0.2) is 30.1 Å². The van der Waals surface area contributed by atoms with Gasteiger partial charge in [0.2, 0.25) is 0 Å². The Morgan fingerprint density at radius 3 is 2.38 bits per heavy atom. The van der Waals surface area contributed by atoms with Gasteiger partial charge in [0.25, 0.3) is 0 Å². The molecule has 4 atom stereocenters. The van der Waals surface area contributed by atoms with Crippen LogP contribution in [0.25, 0.3) is 0 Å². The number of rotatable bonds is 3. The molecular weight excluding hydrogens is 196 g/mol. The van der Waals surface area contributed by atoms with Gasteiger partial charge in [-0.05, 0) is 30.6 Å². The van der Waals surface area contributed by atoms with Gasteiger partial charge in [0.05, 0.1) is 0 Å². The summed E-state index contributed by atoms with van der Waals surface area (Å²) in [7, 11) is 0. The van der Waals surface area contributed by atoms with Crippen LogP contribution >= 0.6 is 0 Å². The van der Waals surface area contributed by atoms with E-state index in [1.807, 2.05) is 0 Å². The number of nitrogens with two attached hydrogens (primary N) is 1. The Labute approximate surface area is 101 Å². The number of hydrogen-bond donors (Lipinski definition) is 1. The van der Waals surface area contributed by atoms with E-state index in [-0.39, 0.29) is 0 Å². The fourth-order valence-electron chi connectivity index (χ4n) is 4.02. The first-order valence-corrected chi connectivity index (χ1v) is 7.09. The van der Waals surface area contributed by atoms with E-state index < -0.39 is 0 Å². The summed E-state index contributed by atoms with van der Waals surface area (Å²) in [5.74, 6) is 2.54. The van der Waals surface area contributed by atoms with Crippen LogP contribution < -0.4 is 5.73 Å². The highest BCUT2D eigenvalue weighted by Gasteiger charge is 2.48. The van der Waals surface area contributed by atoms with Crippen molar-refractivity contribution in [2.75, 3.05) is 19.6 Å². The van der Waals surface area contributed by atoms with Gasteiger partial charge in [-0.3, -0.25) is 4.90 Å². The summed E-state index contributed by atoms with van der Waals surface area (Å²) in [6.45, 7) is 10.5. The SMILES string of the molecule is CCC1CCCC1(CN)N1CC(C)C(C)C1. The van der Waals surface area contributed by atoms with Crippen LogP contribution in [0.5, 0.6) is 0 Å². The number of hydrogen-bond acceptors (Lipinski definition) is 2. The molecule has 2 aliphatic rings. The molecule has 1 aliphatic carbocycles. The molecule has 0 amide bonds. The molecular formula is C14H28N2. The Kier molecular flexibility index (Phi) is 3.60. The Hall–Kier alpha value is -0.0800. The molecule has 94 valence electrons. The second kappa shape index (κ2) is 4.66. The highest BCUT2D eigenvalue weighted by Crippen LogP contribution is 2.44. The molecule has 2 nitrogen and oxygen atoms in total. The van der Waals surface area contributed by atoms with E-state index in [0.717, 1.165) is 24.3 Å². The van der Waals surface area contributed by atoms with E-state index in [4.69, 9.17) is 5.73 Å². The largest absolute Gasteiger partial charge is 0.329 e. The Bertz CT molecular complexity index is 231. The first kappa shape index (κ1) is 12.4. The fraction of sp³-hybridized carbons (Fsp3) is 1.00. The molecule has 0 spiro atoms. The van der Waals surface area contributed by atoms with Gasteiger partial charge in [-0.15, -0.1) is 0 Å². The van der Waals surface area contributed by atoms with Crippen LogP contribution in [0.2, 0.25) is 0 Å². The Balaban J connectivity index is 2.15. The van der Waals surface area contributed by atoms with Crippen LogP contribution in [0.4, 0.5) is 0 Å². The van der Waals surface area contributed by atoms with Crippen molar-refractivity contribution in [3.63, 3.8) is 0 Å². The van der Waals surface area contributed by atoms with E-state index in [1.54, 1.807) is 0 Å². The third-order valence-electron chi connectivity index (χ3n) is 5.39. The predicted molar refractivity (Wildman–Crippen MR) is 69.3 cm³/mol. The molecule has 0 radical (unpaired) electrons. The lowest BCUT2D eigenvalue weighted by Crippen LogP contribution is -2.55. The van der Waals surface area contributed by atoms with Gasteiger partial charge in [-0.25, -0.2) is 0 Å². The molecule has 2 rings (SSSR count). The number of likely N-dealkylation sites (tertiary alicyclic amines) is 1. The monoisotopic (exact) mass is 224 g/mol. The molecule has 4 unspecified atom stereocenters. The van der Waals surface area contributed by atoms with E-state index in [1.165, 1.54) is 38.8 Å². The predicted octanol–water partition coefficient (Wildman–Crippen LogP) is 2.48. The minimum Gasteiger partial charge on any atom is -0.329 e. The molecule has 16 heavy (non-hydrogen) atoms. The lowest BCUT2D eigenvalue weighted by Gasteiger charge is -2.43. The molecule has 2 N–H and O–H groups in total. The second-order valence-corrected chi connectivity index (χ2v) is 6.16. The summed E-state index contributed by atoms with van der Waals surface area (Å²) in [6.07, 6.45) is 5.42. The number of nitrogens with zero attached hydrogens (tertiary/aromatic N) is 1. The van der Waals surface area contributed by atoms with Crippen LogP contribution in [0.1, 0.15) is 46.5 Å². The maximum absolute atomic E-state index is 6.16. The molecule has 1 saturated heterocycles. The Morgan fingerprint density at radius 1 is 1.25 bits per heavy atom. The first-order chi connectivity index (χ1) is 7.64. The van der Waals surface area contributed by atoms with E-state index in [2.05, 4.69) is 25.7 Å². The standard InChI is InChI=1S/C14H28N2/c1-4-13-6-5-7-14(13,10-15)16-8-11(2)12(3)9-16/h11-13H,4-10,15H2,1-3H3. The summed E-state index contributed by atoms with van der Waals surface area (Å²) >= 11 is 0. The van der Waals surface area contributed by atoms with Crippen molar-refractivity contribution in [2.24, 2.45) is 23.5 Å². The third kappa shape index (κ3) is 1.80. The molecule has 0 bridgehead atoms. The molecule has 1 saturated carbocycles. The summed E-state index contributed by atoms with van der Waals surface area (Å²) in [4.78, 5) is 2.74. The van der Waals surface area contributed by atoms with E-state index in [0.29, 0.717) is 5.54 Å². The maximum atomic E-state index is 6.16. The summed E-state index contributed by atoms with van der Waals surface area (Å²) < 4.78 is 0. The maximum Gasteiger partial charge on any atom is 0.0359 e. The van der Waals surface area contributed by atoms with Gasteiger partial charge in [0.15, 0.2) is 0 Å². The zero-order valence-electron chi connectivity index (χ0n) is 11.2. The Morgan fingerprint density at radius 2 is 1.88 bits per heavy atom. The van der Waals surface area contributed by atoms with Gasteiger partial charge in [-0.2, -0.15) is 0 Å². The average Bonchev–Trinajstić information content (AvgIpc) is 2.84. The van der Waals surface area contributed by atoms with Gasteiger partial charge in [0.1, 0.15) is 0 Å². The summed E-state index contributed by atoms with van der Waals surface area (Å²) in [6, 6.07) is 0. The van der Waals surface area contributed by atoms with Crippen LogP contribution in [0, 0.1) is 17.8 Å². The van der Waals surface area contributed by atoms with Crippen molar-refractivity contribution in [3.8, 4) is 0 Å². The van der Waals surface area contributed by atoms with Crippen molar-refractivity contribution < 1.29 is 0 Å². The minimum absolute atomic E-state index is 0.355. The molecule has 1 aliphatic heterocycles. The van der Waals surface area contributed by atoms with Crippen molar-refractivity contribution in [1.29, 1.82) is 0 Å². The van der Waals surface area contributed by atoms with E-state index >= 15 is 0 Å². The lowest BCUT2D eigenvalue weighted by molar-refractivity contribution is 0.0744. The molecule has 2 fully saturated rings. The quantitative estimate of drug-likeness (QED) is 0.798. The first-order valence-electron chi connectivity index (χ1n) is 7.09. The van der Waals surface area contributed by atoms with E-state index in [9.17, 15) is 0 Å². The zero-order chi connectivity index (χ0) is 11.8. The molecule has 2 heteroatoms. The zero-order valence-corrected chi connectivity index (χ0v) is 11.2. The van der Waals surface area contributed by atoms with Crippen molar-refractivity contribution in [1.82, 2.24) is 4.90 Å². The molecule has 1 heterocycles. The lowest BCUT2D eigenvalue weighted by atomic mass is 9.83. The average molecular weight is 224 g/mol.